The molecule has 2 unspecified atom stereocenters. The number of nitrogens with zero attached hydrogens (tertiary/aromatic N) is 3. The highest BCUT2D eigenvalue weighted by molar-refractivity contribution is 6.31. The number of nitrogens with one attached hydrogen (secondary N) is 1. The molecule has 0 spiro atoms. The predicted molar refractivity (Wildman–Crippen MR) is 96.3 cm³/mol. The van der Waals surface area contributed by atoms with Crippen molar-refractivity contribution in [1.29, 1.82) is 0 Å². The van der Waals surface area contributed by atoms with Gasteiger partial charge in [0.2, 0.25) is 5.91 Å². The maximum absolute atomic E-state index is 12.6. The number of anilines is 1. The summed E-state index contributed by atoms with van der Waals surface area (Å²) in [5.41, 5.74) is 0.529. The molecular formula is C18H19ClN4O3. The average Bonchev–Trinajstić information content (AvgIpc) is 3.29. The third kappa shape index (κ3) is 3.26. The van der Waals surface area contributed by atoms with Crippen molar-refractivity contribution in [3.8, 4) is 5.75 Å². The number of rotatable bonds is 4. The van der Waals surface area contributed by atoms with Gasteiger partial charge >= 0.3 is 0 Å². The zero-order valence-corrected chi connectivity index (χ0v) is 14.9. The lowest BCUT2D eigenvalue weighted by molar-refractivity contribution is -0.125. The highest BCUT2D eigenvalue weighted by Crippen LogP contribution is 2.34. The fourth-order valence-electron chi connectivity index (χ4n) is 3.68. The van der Waals surface area contributed by atoms with Crippen LogP contribution in [0.3, 0.4) is 0 Å². The van der Waals surface area contributed by atoms with Crippen LogP contribution in [-0.2, 0) is 9.59 Å². The minimum Gasteiger partial charge on any atom is -0.482 e. The van der Waals surface area contributed by atoms with Crippen LogP contribution < -0.4 is 15.0 Å². The summed E-state index contributed by atoms with van der Waals surface area (Å²) >= 11 is 6.04. The first-order valence-corrected chi connectivity index (χ1v) is 8.99. The largest absolute Gasteiger partial charge is 0.482 e. The van der Waals surface area contributed by atoms with Gasteiger partial charge in [-0.05, 0) is 37.5 Å². The fraction of sp³-hybridized carbons (Fsp3) is 0.389. The smallest absolute Gasteiger partial charge is 0.265 e. The molecule has 1 fully saturated rings. The molecule has 26 heavy (non-hydrogen) atoms. The van der Waals surface area contributed by atoms with Gasteiger partial charge in [-0.2, -0.15) is 0 Å². The Hall–Kier alpha value is -2.54. The van der Waals surface area contributed by atoms with Gasteiger partial charge in [0.05, 0.1) is 18.1 Å². The molecule has 8 heteroatoms. The first kappa shape index (κ1) is 16.9. The van der Waals surface area contributed by atoms with E-state index < -0.39 is 0 Å². The minimum atomic E-state index is -0.257. The summed E-state index contributed by atoms with van der Waals surface area (Å²) in [6, 6.07) is 5.28. The highest BCUT2D eigenvalue weighted by Gasteiger charge is 2.32. The predicted octanol–water partition coefficient (Wildman–Crippen LogP) is 2.17. The maximum Gasteiger partial charge on any atom is 0.265 e. The molecule has 2 atom stereocenters. The van der Waals surface area contributed by atoms with Crippen LogP contribution >= 0.6 is 11.6 Å². The first-order chi connectivity index (χ1) is 12.6. The Labute approximate surface area is 155 Å². The standard InChI is InChI=1S/C18H19ClN4O3/c19-12-4-5-16-15(8-12)23(18(25)10-26-16)9-17(24)21-13-2-1-3-14(13)22-7-6-20-11-22/h4-8,11,13-14H,1-3,9-10H2,(H,21,24). The van der Waals surface area contributed by atoms with Crippen molar-refractivity contribution < 1.29 is 14.3 Å². The lowest BCUT2D eigenvalue weighted by atomic mass is 10.1. The lowest BCUT2D eigenvalue weighted by Gasteiger charge is -2.30. The molecule has 4 rings (SSSR count). The van der Waals surface area contributed by atoms with Crippen LogP contribution in [0.2, 0.25) is 5.02 Å². The van der Waals surface area contributed by atoms with Crippen LogP contribution in [0.25, 0.3) is 0 Å². The molecular weight excluding hydrogens is 356 g/mol. The zero-order chi connectivity index (χ0) is 18.1. The molecule has 1 aliphatic heterocycles. The summed E-state index contributed by atoms with van der Waals surface area (Å²) in [6.45, 7) is -0.133. The summed E-state index contributed by atoms with van der Waals surface area (Å²) in [5, 5.41) is 3.56. The van der Waals surface area contributed by atoms with Gasteiger partial charge in [-0.3, -0.25) is 14.5 Å². The Morgan fingerprint density at radius 1 is 1.38 bits per heavy atom. The Bertz CT molecular complexity index is 824. The SMILES string of the molecule is O=C(CN1C(=O)COc2ccc(Cl)cc21)NC1CCCC1n1ccnc1. The van der Waals surface area contributed by atoms with Gasteiger partial charge in [-0.25, -0.2) is 4.98 Å². The summed E-state index contributed by atoms with van der Waals surface area (Å²) in [6.07, 6.45) is 8.38. The van der Waals surface area contributed by atoms with E-state index in [4.69, 9.17) is 16.3 Å². The second-order valence-electron chi connectivity index (χ2n) is 6.56. The van der Waals surface area contributed by atoms with Gasteiger partial charge < -0.3 is 14.6 Å². The van der Waals surface area contributed by atoms with E-state index in [0.717, 1.165) is 19.3 Å². The molecule has 0 radical (unpaired) electrons. The Kier molecular flexibility index (Phi) is 4.55. The Morgan fingerprint density at radius 2 is 2.27 bits per heavy atom. The number of amides is 2. The van der Waals surface area contributed by atoms with E-state index >= 15 is 0 Å². The van der Waals surface area contributed by atoms with E-state index in [0.29, 0.717) is 16.5 Å². The van der Waals surface area contributed by atoms with Crippen molar-refractivity contribution in [2.45, 2.75) is 31.3 Å². The fourth-order valence-corrected chi connectivity index (χ4v) is 3.84. The molecule has 0 saturated heterocycles. The molecule has 2 heterocycles. The van der Waals surface area contributed by atoms with Gasteiger partial charge in [0.1, 0.15) is 12.3 Å². The molecule has 1 aromatic carbocycles. The molecule has 2 amide bonds. The van der Waals surface area contributed by atoms with E-state index in [1.54, 1.807) is 30.7 Å². The van der Waals surface area contributed by atoms with Gasteiger partial charge in [-0.1, -0.05) is 11.6 Å². The van der Waals surface area contributed by atoms with Crippen LogP contribution in [0.4, 0.5) is 5.69 Å². The molecule has 2 aliphatic rings. The summed E-state index contributed by atoms with van der Waals surface area (Å²) in [7, 11) is 0. The maximum atomic E-state index is 12.6. The van der Waals surface area contributed by atoms with Crippen molar-refractivity contribution in [2.75, 3.05) is 18.1 Å². The molecule has 1 aromatic heterocycles. The van der Waals surface area contributed by atoms with E-state index in [-0.39, 0.29) is 37.0 Å². The lowest BCUT2D eigenvalue weighted by Crippen LogP contribution is -2.48. The summed E-state index contributed by atoms with van der Waals surface area (Å²) in [5.74, 6) is 0.106. The van der Waals surface area contributed by atoms with Crippen molar-refractivity contribution in [3.63, 3.8) is 0 Å². The van der Waals surface area contributed by atoms with Crippen LogP contribution in [0.15, 0.2) is 36.9 Å². The van der Waals surface area contributed by atoms with Gasteiger partial charge in [-0.15, -0.1) is 0 Å². The van der Waals surface area contributed by atoms with E-state index in [2.05, 4.69) is 10.3 Å². The summed E-state index contributed by atoms with van der Waals surface area (Å²) < 4.78 is 7.44. The van der Waals surface area contributed by atoms with E-state index in [1.807, 2.05) is 10.8 Å². The van der Waals surface area contributed by atoms with Crippen LogP contribution in [0.1, 0.15) is 25.3 Å². The van der Waals surface area contributed by atoms with Crippen LogP contribution in [0, 0.1) is 0 Å². The number of halogens is 1. The van der Waals surface area contributed by atoms with Crippen LogP contribution in [0.5, 0.6) is 5.75 Å². The quantitative estimate of drug-likeness (QED) is 0.889. The molecule has 7 nitrogen and oxygen atoms in total. The molecule has 2 aromatic rings. The number of imidazole rings is 1. The van der Waals surface area contributed by atoms with Crippen LogP contribution in [-0.4, -0.2) is 40.6 Å². The zero-order valence-electron chi connectivity index (χ0n) is 14.1. The highest BCUT2D eigenvalue weighted by atomic mass is 35.5. The van der Waals surface area contributed by atoms with E-state index in [9.17, 15) is 9.59 Å². The second-order valence-corrected chi connectivity index (χ2v) is 7.00. The Balaban J connectivity index is 1.47. The number of fused-ring (bicyclic) bond motifs is 1. The molecule has 1 aliphatic carbocycles. The number of benzene rings is 1. The second kappa shape index (κ2) is 6.99. The Morgan fingerprint density at radius 3 is 3.08 bits per heavy atom. The third-order valence-electron chi connectivity index (χ3n) is 4.90. The number of carbonyl (C=O) groups is 2. The number of hydrogen-bond donors (Lipinski definition) is 1. The average molecular weight is 375 g/mol. The molecule has 0 bridgehead atoms. The normalized spacial score (nSPS) is 22.0. The van der Waals surface area contributed by atoms with Gasteiger partial charge in [0.15, 0.2) is 6.61 Å². The van der Waals surface area contributed by atoms with Crippen molar-refractivity contribution in [1.82, 2.24) is 14.9 Å². The monoisotopic (exact) mass is 374 g/mol. The van der Waals surface area contributed by atoms with Crippen molar-refractivity contribution >= 4 is 29.1 Å². The van der Waals surface area contributed by atoms with Crippen molar-refractivity contribution in [3.05, 3.63) is 41.9 Å². The number of aromatic nitrogens is 2. The third-order valence-corrected chi connectivity index (χ3v) is 5.13. The minimum absolute atomic E-state index is 0.0340. The summed E-state index contributed by atoms with van der Waals surface area (Å²) in [4.78, 5) is 30.4. The molecule has 136 valence electrons. The topological polar surface area (TPSA) is 76.5 Å². The number of hydrogen-bond acceptors (Lipinski definition) is 4. The van der Waals surface area contributed by atoms with Crippen molar-refractivity contribution in [2.24, 2.45) is 0 Å². The molecule has 1 N–H and O–H groups in total. The number of ether oxygens (including phenoxy) is 1. The van der Waals surface area contributed by atoms with Gasteiger partial charge in [0.25, 0.3) is 5.91 Å². The van der Waals surface area contributed by atoms with E-state index in [1.165, 1.54) is 4.90 Å². The van der Waals surface area contributed by atoms with Gasteiger partial charge in [0, 0.05) is 23.5 Å². The number of carbonyl (C=O) groups excluding carboxylic acids is 2. The molecule has 1 saturated carbocycles. The first-order valence-electron chi connectivity index (χ1n) is 8.61.